The van der Waals surface area contributed by atoms with Gasteiger partial charge in [0.15, 0.2) is 0 Å². The molecule has 0 N–H and O–H groups in total. The fourth-order valence-corrected chi connectivity index (χ4v) is 8.74. The Kier molecular flexibility index (Phi) is 8.46. The van der Waals surface area contributed by atoms with Crippen molar-refractivity contribution in [3.63, 3.8) is 0 Å². The molecule has 0 spiro atoms. The molecule has 1 nitrogen and oxygen atoms in total. The smallest absolute Gasteiger partial charge is 0.0701 e. The van der Waals surface area contributed by atoms with E-state index in [4.69, 9.17) is 0 Å². The van der Waals surface area contributed by atoms with Gasteiger partial charge in [-0.15, -0.1) is 0 Å². The van der Waals surface area contributed by atoms with Gasteiger partial charge in [-0.25, -0.2) is 0 Å². The fourth-order valence-electron chi connectivity index (χ4n) is 8.74. The second-order valence-corrected chi connectivity index (χ2v) is 14.5. The lowest BCUT2D eigenvalue weighted by Crippen LogP contribution is -2.31. The predicted octanol–water partition coefficient (Wildman–Crippen LogP) is 14.2. The van der Waals surface area contributed by atoms with Gasteiger partial charge in [0.1, 0.15) is 0 Å². The van der Waals surface area contributed by atoms with Crippen LogP contribution in [0.4, 0.5) is 0 Å². The predicted molar refractivity (Wildman–Crippen MR) is 235 cm³/mol. The Bertz CT molecular complexity index is 2830. The summed E-state index contributed by atoms with van der Waals surface area (Å²) in [7, 11) is 0. The van der Waals surface area contributed by atoms with Gasteiger partial charge in [-0.05, 0) is 86.0 Å². The van der Waals surface area contributed by atoms with Crippen molar-refractivity contribution >= 4 is 21.8 Å². The number of hydrogen-bond acceptors (Lipinski definition) is 0. The first-order valence-electron chi connectivity index (χ1n) is 19.3. The first kappa shape index (κ1) is 33.4. The van der Waals surface area contributed by atoms with E-state index < -0.39 is 5.41 Å². The molecule has 0 amide bonds. The molecule has 0 aliphatic rings. The Morgan fingerprint density at radius 1 is 0.250 bits per heavy atom. The summed E-state index contributed by atoms with van der Waals surface area (Å²) in [6, 6.07) is 86.2. The highest BCUT2D eigenvalue weighted by Crippen LogP contribution is 2.46. The average molecular weight is 714 g/mol. The van der Waals surface area contributed by atoms with Crippen molar-refractivity contribution < 1.29 is 0 Å². The van der Waals surface area contributed by atoms with Gasteiger partial charge in [0.25, 0.3) is 0 Å². The molecule has 10 aromatic rings. The van der Waals surface area contributed by atoms with Crippen molar-refractivity contribution in [2.45, 2.75) is 5.41 Å². The molecule has 0 fully saturated rings. The Hall–Kier alpha value is -7.22. The van der Waals surface area contributed by atoms with Gasteiger partial charge in [0.2, 0.25) is 0 Å². The minimum atomic E-state index is -0.545. The molecule has 0 unspecified atom stereocenters. The molecular formula is C55H39N. The number of rotatable bonds is 8. The summed E-state index contributed by atoms with van der Waals surface area (Å²) in [5.74, 6) is 0. The largest absolute Gasteiger partial charge is 0.309 e. The molecule has 0 bridgehead atoms. The number of aromatic nitrogens is 1. The zero-order chi connectivity index (χ0) is 37.3. The van der Waals surface area contributed by atoms with Crippen LogP contribution < -0.4 is 0 Å². The zero-order valence-corrected chi connectivity index (χ0v) is 31.0. The fraction of sp³-hybridized carbons (Fsp3) is 0.0182. The van der Waals surface area contributed by atoms with E-state index in [9.17, 15) is 0 Å². The highest BCUT2D eigenvalue weighted by molar-refractivity contribution is 6.09. The summed E-state index contributed by atoms with van der Waals surface area (Å²) in [5, 5.41) is 2.54. The molecule has 1 heteroatoms. The Morgan fingerprint density at radius 2 is 0.607 bits per heavy atom. The second-order valence-electron chi connectivity index (χ2n) is 14.5. The molecule has 10 rings (SSSR count). The summed E-state index contributed by atoms with van der Waals surface area (Å²) in [6.07, 6.45) is 0. The van der Waals surface area contributed by atoms with Crippen molar-refractivity contribution in [3.8, 4) is 39.1 Å². The van der Waals surface area contributed by atoms with Crippen LogP contribution in [0.2, 0.25) is 0 Å². The zero-order valence-electron chi connectivity index (χ0n) is 31.0. The first-order chi connectivity index (χ1) is 27.8. The normalized spacial score (nSPS) is 11.6. The molecular weight excluding hydrogens is 675 g/mol. The van der Waals surface area contributed by atoms with Crippen LogP contribution >= 0.6 is 0 Å². The first-order valence-corrected chi connectivity index (χ1v) is 19.3. The van der Waals surface area contributed by atoms with Crippen LogP contribution in [0.25, 0.3) is 60.9 Å². The second kappa shape index (κ2) is 14.2. The van der Waals surface area contributed by atoms with Crippen LogP contribution in [-0.4, -0.2) is 4.57 Å². The number of nitrogens with zero attached hydrogens (tertiary/aromatic N) is 1. The van der Waals surface area contributed by atoms with E-state index in [1.807, 2.05) is 0 Å². The van der Waals surface area contributed by atoms with Crippen LogP contribution in [-0.2, 0) is 5.41 Å². The monoisotopic (exact) mass is 713 g/mol. The van der Waals surface area contributed by atoms with Crippen LogP contribution in [0, 0.1) is 0 Å². The molecule has 264 valence electrons. The Labute approximate surface area is 328 Å². The molecule has 0 saturated carbocycles. The van der Waals surface area contributed by atoms with Crippen molar-refractivity contribution in [1.29, 1.82) is 0 Å². The van der Waals surface area contributed by atoms with Crippen molar-refractivity contribution in [1.82, 2.24) is 4.57 Å². The van der Waals surface area contributed by atoms with E-state index in [-0.39, 0.29) is 0 Å². The van der Waals surface area contributed by atoms with Crippen molar-refractivity contribution in [3.05, 3.63) is 259 Å². The highest BCUT2D eigenvalue weighted by Gasteiger charge is 2.38. The number of para-hydroxylation sites is 2. The van der Waals surface area contributed by atoms with Crippen molar-refractivity contribution in [2.24, 2.45) is 0 Å². The van der Waals surface area contributed by atoms with Crippen LogP contribution in [0.3, 0.4) is 0 Å². The van der Waals surface area contributed by atoms with Crippen molar-refractivity contribution in [2.75, 3.05) is 0 Å². The maximum atomic E-state index is 2.39. The summed E-state index contributed by atoms with van der Waals surface area (Å²) in [6.45, 7) is 0. The number of fused-ring (bicyclic) bond motifs is 3. The lowest BCUT2D eigenvalue weighted by molar-refractivity contribution is 0.745. The minimum absolute atomic E-state index is 0.545. The van der Waals surface area contributed by atoms with E-state index in [1.54, 1.807) is 0 Å². The van der Waals surface area contributed by atoms with Gasteiger partial charge < -0.3 is 4.57 Å². The molecule has 1 heterocycles. The molecule has 9 aromatic carbocycles. The maximum absolute atomic E-state index is 2.39. The molecule has 0 aliphatic carbocycles. The summed E-state index contributed by atoms with van der Waals surface area (Å²) >= 11 is 0. The Morgan fingerprint density at radius 3 is 1.11 bits per heavy atom. The molecule has 56 heavy (non-hydrogen) atoms. The summed E-state index contributed by atoms with van der Waals surface area (Å²) < 4.78 is 2.39. The third-order valence-electron chi connectivity index (χ3n) is 11.4. The molecule has 0 aliphatic heterocycles. The lowest BCUT2D eigenvalue weighted by atomic mass is 9.65. The minimum Gasteiger partial charge on any atom is -0.309 e. The van der Waals surface area contributed by atoms with E-state index >= 15 is 0 Å². The van der Waals surface area contributed by atoms with Crippen LogP contribution in [0.1, 0.15) is 22.3 Å². The number of hydrogen-bond donors (Lipinski definition) is 0. The topological polar surface area (TPSA) is 4.93 Å². The average Bonchev–Trinajstić information content (AvgIpc) is 3.63. The number of benzene rings is 9. The lowest BCUT2D eigenvalue weighted by Gasteiger charge is -2.37. The van der Waals surface area contributed by atoms with Gasteiger partial charge in [-0.3, -0.25) is 0 Å². The SMILES string of the molecule is c1ccc(-c2cccc(-c3ccc(C(c4ccccc4)(c4ccccc4)c4ccc(-c5cccc(-n6c7ccccc7c7ccccc76)c5)cc4)cc3)c2)cc1. The summed E-state index contributed by atoms with van der Waals surface area (Å²) in [4.78, 5) is 0. The highest BCUT2D eigenvalue weighted by atomic mass is 15.0. The summed E-state index contributed by atoms with van der Waals surface area (Å²) in [5.41, 5.74) is 15.1. The molecule has 0 saturated heterocycles. The third kappa shape index (κ3) is 5.73. The van der Waals surface area contributed by atoms with E-state index in [0.29, 0.717) is 0 Å². The van der Waals surface area contributed by atoms with Gasteiger partial charge in [-0.1, -0.05) is 206 Å². The molecule has 0 radical (unpaired) electrons. The molecule has 0 atom stereocenters. The van der Waals surface area contributed by atoms with E-state index in [2.05, 4.69) is 241 Å². The van der Waals surface area contributed by atoms with Gasteiger partial charge >= 0.3 is 0 Å². The Balaban J connectivity index is 1.08. The van der Waals surface area contributed by atoms with Gasteiger partial charge in [-0.2, -0.15) is 0 Å². The van der Waals surface area contributed by atoms with Crippen LogP contribution in [0.5, 0.6) is 0 Å². The molecule has 1 aromatic heterocycles. The third-order valence-corrected chi connectivity index (χ3v) is 11.4. The van der Waals surface area contributed by atoms with E-state index in [0.717, 1.165) is 5.69 Å². The standard InChI is InChI=1S/C55H39N/c1-4-16-40(17-5-1)43-18-14-19-44(38-43)41-30-34-48(35-31-41)55(46-21-6-2-7-22-46,47-23-8-3-9-24-47)49-36-32-42(33-37-49)45-20-15-25-50(39-45)56-53-28-12-10-26-51(53)52-27-11-13-29-54(52)56/h1-39H. The van der Waals surface area contributed by atoms with Crippen LogP contribution in [0.15, 0.2) is 237 Å². The van der Waals surface area contributed by atoms with Gasteiger partial charge in [0.05, 0.1) is 16.4 Å². The maximum Gasteiger partial charge on any atom is 0.0701 e. The quantitative estimate of drug-likeness (QED) is 0.138. The van der Waals surface area contributed by atoms with Gasteiger partial charge in [0, 0.05) is 16.5 Å². The van der Waals surface area contributed by atoms with E-state index in [1.165, 1.54) is 77.4 Å².